The quantitative estimate of drug-likeness (QED) is 0.923. The zero-order valence-corrected chi connectivity index (χ0v) is 10.2. The van der Waals surface area contributed by atoms with Gasteiger partial charge in [0.25, 0.3) is 0 Å². The Labute approximate surface area is 108 Å². The first-order valence-electron chi connectivity index (χ1n) is 5.75. The molecule has 0 bridgehead atoms. The molecule has 0 aliphatic carbocycles. The standard InChI is InChI=1S/C13H13F3N2O/c1-9(18-7-12-6-17-8-19-12)10-2-4-11(5-3-10)13(14,15)16/h2-6,8-9,18H,7H2,1H3. The lowest BCUT2D eigenvalue weighted by molar-refractivity contribution is -0.137. The summed E-state index contributed by atoms with van der Waals surface area (Å²) in [6, 6.07) is 5.04. The SMILES string of the molecule is CC(NCc1cnco1)c1ccc(C(F)(F)F)cc1. The highest BCUT2D eigenvalue weighted by Gasteiger charge is 2.30. The first-order chi connectivity index (χ1) is 8.97. The van der Waals surface area contributed by atoms with E-state index in [1.54, 1.807) is 6.20 Å². The fraction of sp³-hybridized carbons (Fsp3) is 0.308. The van der Waals surface area contributed by atoms with Crippen molar-refractivity contribution >= 4 is 0 Å². The number of halogens is 3. The van der Waals surface area contributed by atoms with Gasteiger partial charge in [0.2, 0.25) is 0 Å². The van der Waals surface area contributed by atoms with Crippen LogP contribution < -0.4 is 5.32 Å². The molecule has 1 atom stereocenters. The molecule has 2 rings (SSSR count). The molecule has 0 saturated heterocycles. The lowest BCUT2D eigenvalue weighted by Crippen LogP contribution is -2.18. The zero-order valence-electron chi connectivity index (χ0n) is 10.2. The van der Waals surface area contributed by atoms with Crippen molar-refractivity contribution in [3.05, 3.63) is 53.7 Å². The Morgan fingerprint density at radius 2 is 1.95 bits per heavy atom. The highest BCUT2D eigenvalue weighted by molar-refractivity contribution is 5.26. The molecule has 6 heteroatoms. The predicted molar refractivity (Wildman–Crippen MR) is 63.2 cm³/mol. The van der Waals surface area contributed by atoms with Gasteiger partial charge in [-0.25, -0.2) is 4.98 Å². The maximum Gasteiger partial charge on any atom is 0.416 e. The van der Waals surface area contributed by atoms with Crippen LogP contribution in [0.2, 0.25) is 0 Å². The normalized spacial score (nSPS) is 13.5. The number of rotatable bonds is 4. The summed E-state index contributed by atoms with van der Waals surface area (Å²) in [6.07, 6.45) is -1.37. The molecule has 19 heavy (non-hydrogen) atoms. The molecule has 0 amide bonds. The zero-order chi connectivity index (χ0) is 13.9. The minimum Gasteiger partial charge on any atom is -0.447 e. The van der Waals surface area contributed by atoms with E-state index in [0.29, 0.717) is 12.3 Å². The minimum atomic E-state index is -4.30. The molecule has 0 fully saturated rings. The number of hydrogen-bond donors (Lipinski definition) is 1. The second-order valence-corrected chi connectivity index (χ2v) is 4.19. The Morgan fingerprint density at radius 3 is 2.47 bits per heavy atom. The van der Waals surface area contributed by atoms with Gasteiger partial charge in [0.05, 0.1) is 18.3 Å². The summed E-state index contributed by atoms with van der Waals surface area (Å²) < 4.78 is 42.3. The first kappa shape index (κ1) is 13.6. The third kappa shape index (κ3) is 3.57. The molecular weight excluding hydrogens is 257 g/mol. The summed E-state index contributed by atoms with van der Waals surface area (Å²) in [5, 5.41) is 3.14. The summed E-state index contributed by atoms with van der Waals surface area (Å²) in [4.78, 5) is 3.78. The number of hydrogen-bond acceptors (Lipinski definition) is 3. The molecule has 0 aliphatic rings. The highest BCUT2D eigenvalue weighted by Crippen LogP contribution is 2.29. The van der Waals surface area contributed by atoms with Gasteiger partial charge in [-0.15, -0.1) is 0 Å². The first-order valence-corrected chi connectivity index (χ1v) is 5.75. The van der Waals surface area contributed by atoms with Crippen molar-refractivity contribution in [3.63, 3.8) is 0 Å². The molecule has 0 spiro atoms. The molecule has 0 radical (unpaired) electrons. The van der Waals surface area contributed by atoms with Crippen molar-refractivity contribution in [1.82, 2.24) is 10.3 Å². The Balaban J connectivity index is 1.97. The fourth-order valence-electron chi connectivity index (χ4n) is 1.66. The Hall–Kier alpha value is -1.82. The second-order valence-electron chi connectivity index (χ2n) is 4.19. The monoisotopic (exact) mass is 270 g/mol. The average molecular weight is 270 g/mol. The molecule has 2 aromatic rings. The summed E-state index contributed by atoms with van der Waals surface area (Å²) in [6.45, 7) is 2.35. The van der Waals surface area contributed by atoms with Crippen molar-refractivity contribution in [1.29, 1.82) is 0 Å². The lowest BCUT2D eigenvalue weighted by atomic mass is 10.1. The van der Waals surface area contributed by atoms with Gasteiger partial charge >= 0.3 is 6.18 Å². The maximum absolute atomic E-state index is 12.4. The number of nitrogens with zero attached hydrogens (tertiary/aromatic N) is 1. The molecule has 1 heterocycles. The minimum absolute atomic E-state index is 0.0765. The van der Waals surface area contributed by atoms with E-state index < -0.39 is 11.7 Å². The summed E-state index contributed by atoms with van der Waals surface area (Å²) in [5.41, 5.74) is 0.145. The van der Waals surface area contributed by atoms with E-state index in [1.165, 1.54) is 18.5 Å². The molecule has 0 saturated carbocycles. The lowest BCUT2D eigenvalue weighted by Gasteiger charge is -2.14. The van der Waals surface area contributed by atoms with Crippen molar-refractivity contribution in [2.24, 2.45) is 0 Å². The third-order valence-electron chi connectivity index (χ3n) is 2.80. The molecule has 0 aliphatic heterocycles. The average Bonchev–Trinajstić information content (AvgIpc) is 2.88. The van der Waals surface area contributed by atoms with Gasteiger partial charge < -0.3 is 9.73 Å². The summed E-state index contributed by atoms with van der Waals surface area (Å²) >= 11 is 0. The van der Waals surface area contributed by atoms with E-state index in [2.05, 4.69) is 10.3 Å². The van der Waals surface area contributed by atoms with Crippen LogP contribution in [0, 0.1) is 0 Å². The van der Waals surface area contributed by atoms with E-state index in [9.17, 15) is 13.2 Å². The van der Waals surface area contributed by atoms with E-state index in [0.717, 1.165) is 17.7 Å². The van der Waals surface area contributed by atoms with Crippen LogP contribution in [-0.4, -0.2) is 4.98 Å². The van der Waals surface area contributed by atoms with E-state index in [1.807, 2.05) is 6.92 Å². The molecule has 3 nitrogen and oxygen atoms in total. The van der Waals surface area contributed by atoms with E-state index in [-0.39, 0.29) is 6.04 Å². The molecule has 1 N–H and O–H groups in total. The van der Waals surface area contributed by atoms with Crippen LogP contribution in [-0.2, 0) is 12.7 Å². The fourth-order valence-corrected chi connectivity index (χ4v) is 1.66. The molecule has 102 valence electrons. The number of benzene rings is 1. The summed E-state index contributed by atoms with van der Waals surface area (Å²) in [7, 11) is 0. The third-order valence-corrected chi connectivity index (χ3v) is 2.80. The van der Waals surface area contributed by atoms with Crippen LogP contribution in [0.3, 0.4) is 0 Å². The van der Waals surface area contributed by atoms with Gasteiger partial charge in [0.15, 0.2) is 6.39 Å². The second kappa shape index (κ2) is 5.44. The smallest absolute Gasteiger partial charge is 0.416 e. The Morgan fingerprint density at radius 1 is 1.26 bits per heavy atom. The molecule has 1 aromatic carbocycles. The van der Waals surface area contributed by atoms with Crippen molar-refractivity contribution in [3.8, 4) is 0 Å². The van der Waals surface area contributed by atoms with Gasteiger partial charge in [-0.1, -0.05) is 12.1 Å². The van der Waals surface area contributed by atoms with E-state index >= 15 is 0 Å². The van der Waals surface area contributed by atoms with Gasteiger partial charge in [-0.2, -0.15) is 13.2 Å². The number of nitrogens with one attached hydrogen (secondary N) is 1. The van der Waals surface area contributed by atoms with Gasteiger partial charge in [-0.05, 0) is 24.6 Å². The largest absolute Gasteiger partial charge is 0.447 e. The number of oxazole rings is 1. The topological polar surface area (TPSA) is 38.1 Å². The Bertz CT molecular complexity index is 506. The molecular formula is C13H13F3N2O. The van der Waals surface area contributed by atoms with Crippen molar-refractivity contribution in [2.75, 3.05) is 0 Å². The van der Waals surface area contributed by atoms with Crippen LogP contribution >= 0.6 is 0 Å². The van der Waals surface area contributed by atoms with E-state index in [4.69, 9.17) is 4.42 Å². The number of alkyl halides is 3. The molecule has 1 aromatic heterocycles. The predicted octanol–water partition coefficient (Wildman–Crippen LogP) is 3.54. The highest BCUT2D eigenvalue weighted by atomic mass is 19.4. The van der Waals surface area contributed by atoms with Crippen LogP contribution in [0.25, 0.3) is 0 Å². The number of aromatic nitrogens is 1. The van der Waals surface area contributed by atoms with Gasteiger partial charge in [0, 0.05) is 6.04 Å². The summed E-state index contributed by atoms with van der Waals surface area (Å²) in [5.74, 6) is 0.679. The Kier molecular flexibility index (Phi) is 3.90. The van der Waals surface area contributed by atoms with Crippen molar-refractivity contribution in [2.45, 2.75) is 25.7 Å². The van der Waals surface area contributed by atoms with Crippen LogP contribution in [0.15, 0.2) is 41.3 Å². The molecule has 1 unspecified atom stereocenters. The van der Waals surface area contributed by atoms with Gasteiger partial charge in [0.1, 0.15) is 5.76 Å². The van der Waals surface area contributed by atoms with Crippen molar-refractivity contribution < 1.29 is 17.6 Å². The van der Waals surface area contributed by atoms with Crippen LogP contribution in [0.4, 0.5) is 13.2 Å². The maximum atomic E-state index is 12.4. The van der Waals surface area contributed by atoms with Crippen LogP contribution in [0.1, 0.15) is 29.9 Å². The van der Waals surface area contributed by atoms with Crippen LogP contribution in [0.5, 0.6) is 0 Å². The van der Waals surface area contributed by atoms with Gasteiger partial charge in [-0.3, -0.25) is 0 Å².